The number of Topliss-reactive ketones (excluding diaryl/α,β-unsaturated/α-hetero) is 1. The quantitative estimate of drug-likeness (QED) is 0.748. The lowest BCUT2D eigenvalue weighted by atomic mass is 10.1. The molecule has 1 saturated heterocycles. The van der Waals surface area contributed by atoms with E-state index >= 15 is 0 Å². The third-order valence-corrected chi connectivity index (χ3v) is 5.35. The molecule has 0 saturated carbocycles. The Morgan fingerprint density at radius 2 is 2.33 bits per heavy atom. The van der Waals surface area contributed by atoms with Crippen LogP contribution < -0.4 is 0 Å². The van der Waals surface area contributed by atoms with Gasteiger partial charge in [-0.2, -0.15) is 11.8 Å². The zero-order valence-electron chi connectivity index (χ0n) is 8.99. The molecule has 0 aromatic carbocycles. The highest BCUT2D eigenvalue weighted by molar-refractivity contribution is 8.00. The predicted octanol–water partition coefficient (Wildman–Crippen LogP) is 3.78. The number of aryl methyl sites for hydroxylation is 1. The summed E-state index contributed by atoms with van der Waals surface area (Å²) in [6.45, 7) is 2.13. The first-order valence-electron chi connectivity index (χ1n) is 5.56. The van der Waals surface area contributed by atoms with Gasteiger partial charge >= 0.3 is 0 Å². The van der Waals surface area contributed by atoms with E-state index in [1.807, 2.05) is 17.8 Å². The van der Waals surface area contributed by atoms with Crippen LogP contribution in [0.3, 0.4) is 0 Å². The van der Waals surface area contributed by atoms with Gasteiger partial charge < -0.3 is 0 Å². The average molecular weight is 240 g/mol. The molecule has 1 fully saturated rings. The maximum Gasteiger partial charge on any atom is 0.185 e. The summed E-state index contributed by atoms with van der Waals surface area (Å²) < 4.78 is 0. The maximum absolute atomic E-state index is 12.1. The van der Waals surface area contributed by atoms with E-state index in [-0.39, 0.29) is 5.25 Å². The molecular weight excluding hydrogens is 224 g/mol. The van der Waals surface area contributed by atoms with Crippen molar-refractivity contribution in [2.75, 3.05) is 5.75 Å². The lowest BCUT2D eigenvalue weighted by molar-refractivity contribution is 0.0988. The lowest BCUT2D eigenvalue weighted by Crippen LogP contribution is -2.19. The van der Waals surface area contributed by atoms with Gasteiger partial charge in [0.05, 0.1) is 10.1 Å². The van der Waals surface area contributed by atoms with Gasteiger partial charge in [-0.1, -0.05) is 13.3 Å². The molecule has 82 valence electrons. The van der Waals surface area contributed by atoms with Crippen molar-refractivity contribution in [3.05, 3.63) is 21.9 Å². The number of thiophene rings is 1. The topological polar surface area (TPSA) is 17.1 Å². The van der Waals surface area contributed by atoms with Crippen molar-refractivity contribution in [1.29, 1.82) is 0 Å². The van der Waals surface area contributed by atoms with E-state index in [0.717, 1.165) is 23.5 Å². The van der Waals surface area contributed by atoms with E-state index in [1.54, 1.807) is 11.3 Å². The van der Waals surface area contributed by atoms with Crippen molar-refractivity contribution in [2.45, 2.75) is 37.9 Å². The molecule has 2 heterocycles. The summed E-state index contributed by atoms with van der Waals surface area (Å²) in [5.74, 6) is 1.52. The zero-order valence-corrected chi connectivity index (χ0v) is 10.6. The third kappa shape index (κ3) is 2.64. The summed E-state index contributed by atoms with van der Waals surface area (Å²) in [6.07, 6.45) is 4.60. The minimum atomic E-state index is 0.238. The Balaban J connectivity index is 2.05. The Hall–Kier alpha value is -0.280. The van der Waals surface area contributed by atoms with E-state index in [2.05, 4.69) is 13.0 Å². The summed E-state index contributed by atoms with van der Waals surface area (Å²) in [6, 6.07) is 4.09. The number of rotatable bonds is 3. The van der Waals surface area contributed by atoms with Crippen molar-refractivity contribution >= 4 is 28.9 Å². The summed E-state index contributed by atoms with van der Waals surface area (Å²) in [4.78, 5) is 14.4. The number of thioether (sulfide) groups is 1. The summed E-state index contributed by atoms with van der Waals surface area (Å²) >= 11 is 3.51. The summed E-state index contributed by atoms with van der Waals surface area (Å²) in [7, 11) is 0. The number of hydrogen-bond donors (Lipinski definition) is 0. The van der Waals surface area contributed by atoms with Gasteiger partial charge in [0.25, 0.3) is 0 Å². The van der Waals surface area contributed by atoms with Crippen molar-refractivity contribution in [2.24, 2.45) is 0 Å². The van der Waals surface area contributed by atoms with E-state index in [0.29, 0.717) is 5.78 Å². The smallest absolute Gasteiger partial charge is 0.185 e. The van der Waals surface area contributed by atoms with Crippen LogP contribution in [0.15, 0.2) is 12.1 Å². The molecule has 0 N–H and O–H groups in total. The van der Waals surface area contributed by atoms with Crippen LogP contribution in [0.2, 0.25) is 0 Å². The Morgan fingerprint density at radius 3 is 2.93 bits per heavy atom. The second-order valence-electron chi connectivity index (χ2n) is 3.84. The van der Waals surface area contributed by atoms with Crippen LogP contribution in [0, 0.1) is 0 Å². The fourth-order valence-electron chi connectivity index (χ4n) is 1.81. The van der Waals surface area contributed by atoms with Gasteiger partial charge in [-0.25, -0.2) is 0 Å². The number of hydrogen-bond acceptors (Lipinski definition) is 3. The lowest BCUT2D eigenvalue weighted by Gasteiger charge is -2.19. The van der Waals surface area contributed by atoms with Crippen molar-refractivity contribution in [3.8, 4) is 0 Å². The normalized spacial score (nSPS) is 21.5. The van der Waals surface area contributed by atoms with Crippen molar-refractivity contribution < 1.29 is 4.79 Å². The number of carbonyl (C=O) groups is 1. The van der Waals surface area contributed by atoms with Gasteiger partial charge in [0.15, 0.2) is 5.78 Å². The third-order valence-electron chi connectivity index (χ3n) is 2.73. The predicted molar refractivity (Wildman–Crippen MR) is 68.1 cm³/mol. The number of ketones is 1. The molecule has 1 atom stereocenters. The molecule has 0 radical (unpaired) electrons. The Morgan fingerprint density at radius 1 is 1.47 bits per heavy atom. The second-order valence-corrected chi connectivity index (χ2v) is 6.32. The monoisotopic (exact) mass is 240 g/mol. The van der Waals surface area contributed by atoms with E-state index in [1.165, 1.54) is 17.7 Å². The molecule has 3 heteroatoms. The van der Waals surface area contributed by atoms with Crippen LogP contribution in [0.1, 0.15) is 40.7 Å². The maximum atomic E-state index is 12.1. The van der Waals surface area contributed by atoms with Gasteiger partial charge in [0.2, 0.25) is 0 Å². The van der Waals surface area contributed by atoms with Gasteiger partial charge in [-0.05, 0) is 37.1 Å². The largest absolute Gasteiger partial charge is 0.292 e. The highest BCUT2D eigenvalue weighted by Crippen LogP contribution is 2.30. The minimum Gasteiger partial charge on any atom is -0.292 e. The molecule has 0 spiro atoms. The molecule has 1 aliphatic heterocycles. The van der Waals surface area contributed by atoms with Crippen LogP contribution in [0.25, 0.3) is 0 Å². The summed E-state index contributed by atoms with van der Waals surface area (Å²) in [5.41, 5.74) is 0. The van der Waals surface area contributed by atoms with Crippen LogP contribution in [0.5, 0.6) is 0 Å². The molecule has 1 aliphatic rings. The van der Waals surface area contributed by atoms with E-state index in [9.17, 15) is 4.79 Å². The average Bonchev–Trinajstić information content (AvgIpc) is 2.78. The fraction of sp³-hybridized carbons (Fsp3) is 0.583. The highest BCUT2D eigenvalue weighted by atomic mass is 32.2. The van der Waals surface area contributed by atoms with Crippen molar-refractivity contribution in [1.82, 2.24) is 0 Å². The highest BCUT2D eigenvalue weighted by Gasteiger charge is 2.23. The molecule has 1 nitrogen and oxygen atoms in total. The minimum absolute atomic E-state index is 0.238. The molecule has 0 aliphatic carbocycles. The molecule has 0 bridgehead atoms. The van der Waals surface area contributed by atoms with Crippen molar-refractivity contribution in [3.63, 3.8) is 0 Å². The molecular formula is C12H16OS2. The Bertz CT molecular complexity index is 337. The van der Waals surface area contributed by atoms with Gasteiger partial charge in [-0.15, -0.1) is 11.3 Å². The van der Waals surface area contributed by atoms with Gasteiger partial charge in [-0.3, -0.25) is 4.79 Å². The van der Waals surface area contributed by atoms with Crippen LogP contribution in [-0.4, -0.2) is 16.8 Å². The molecule has 1 unspecified atom stereocenters. The fourth-order valence-corrected chi connectivity index (χ4v) is 4.09. The van der Waals surface area contributed by atoms with Crippen LogP contribution >= 0.6 is 23.1 Å². The molecule has 15 heavy (non-hydrogen) atoms. The first kappa shape index (κ1) is 11.2. The molecule has 1 aromatic rings. The molecule has 1 aromatic heterocycles. The summed E-state index contributed by atoms with van der Waals surface area (Å²) in [5, 5.41) is 0.238. The van der Waals surface area contributed by atoms with E-state index < -0.39 is 0 Å². The number of carbonyl (C=O) groups excluding carboxylic acids is 1. The van der Waals surface area contributed by atoms with E-state index in [4.69, 9.17) is 0 Å². The zero-order chi connectivity index (χ0) is 10.7. The Kier molecular flexibility index (Phi) is 3.87. The molecule has 0 amide bonds. The van der Waals surface area contributed by atoms with Crippen LogP contribution in [-0.2, 0) is 6.42 Å². The second kappa shape index (κ2) is 5.17. The Labute approximate surface area is 99.3 Å². The first-order chi connectivity index (χ1) is 7.31. The van der Waals surface area contributed by atoms with Crippen LogP contribution in [0.4, 0.5) is 0 Å². The SMILES string of the molecule is CCc1ccc(C(=O)C2CCCCS2)s1. The van der Waals surface area contributed by atoms with Gasteiger partial charge in [0.1, 0.15) is 0 Å². The first-order valence-corrected chi connectivity index (χ1v) is 7.42. The standard InChI is InChI=1S/C12H16OS2/c1-2-9-6-7-11(15-9)12(13)10-5-3-4-8-14-10/h6-7,10H,2-5,8H2,1H3. The van der Waals surface area contributed by atoms with Gasteiger partial charge in [0, 0.05) is 4.88 Å². The molecule has 2 rings (SSSR count).